The van der Waals surface area contributed by atoms with E-state index >= 15 is 0 Å². The molecule has 0 aliphatic heterocycles. The van der Waals surface area contributed by atoms with E-state index in [9.17, 15) is 18.0 Å². The molecule has 1 N–H and O–H groups in total. The molecule has 94 valence electrons. The lowest BCUT2D eigenvalue weighted by Crippen LogP contribution is -2.13. The van der Waals surface area contributed by atoms with Crippen molar-refractivity contribution in [2.75, 3.05) is 0 Å². The number of aromatic nitrogens is 2. The molecule has 0 atom stereocenters. The molecule has 0 unspecified atom stereocenters. The molecule has 2 rings (SSSR count). The third-order valence-corrected chi connectivity index (χ3v) is 2.31. The average molecular weight is 256 g/mol. The van der Waals surface area contributed by atoms with Gasteiger partial charge in [-0.25, -0.2) is 9.48 Å². The number of hydrogen-bond acceptors (Lipinski definition) is 2. The van der Waals surface area contributed by atoms with Gasteiger partial charge in [-0.05, 0) is 24.3 Å². The summed E-state index contributed by atoms with van der Waals surface area (Å²) in [6, 6.07) is 4.43. The van der Waals surface area contributed by atoms with Gasteiger partial charge >= 0.3 is 12.1 Å². The Bertz CT molecular complexity index is 576. The molecule has 1 heterocycles. The van der Waals surface area contributed by atoms with Gasteiger partial charge in [0.05, 0.1) is 16.8 Å². The van der Waals surface area contributed by atoms with Crippen molar-refractivity contribution in [3.05, 3.63) is 47.8 Å². The highest BCUT2D eigenvalue weighted by Gasteiger charge is 2.35. The minimum absolute atomic E-state index is 0.255. The van der Waals surface area contributed by atoms with Gasteiger partial charge in [0.2, 0.25) is 0 Å². The van der Waals surface area contributed by atoms with E-state index in [0.717, 1.165) is 12.1 Å². The molecule has 0 fully saturated rings. The smallest absolute Gasteiger partial charge is 0.417 e. The van der Waals surface area contributed by atoms with Gasteiger partial charge < -0.3 is 5.11 Å². The molecular formula is C11H7F3N2O2. The van der Waals surface area contributed by atoms with Crippen LogP contribution in [0.15, 0.2) is 36.7 Å². The zero-order chi connectivity index (χ0) is 13.3. The molecule has 0 aliphatic carbocycles. The van der Waals surface area contributed by atoms with Gasteiger partial charge in [0, 0.05) is 12.4 Å². The summed E-state index contributed by atoms with van der Waals surface area (Å²) in [6.45, 7) is 0. The Morgan fingerprint density at radius 3 is 2.56 bits per heavy atom. The minimum Gasteiger partial charge on any atom is -0.478 e. The molecule has 1 aromatic heterocycles. The number of rotatable bonds is 2. The van der Waals surface area contributed by atoms with E-state index in [0.29, 0.717) is 0 Å². The minimum atomic E-state index is -4.70. The number of carbonyl (C=O) groups is 1. The molecular weight excluding hydrogens is 249 g/mol. The van der Waals surface area contributed by atoms with Crippen molar-refractivity contribution < 1.29 is 23.1 Å². The first-order valence-electron chi connectivity index (χ1n) is 4.84. The first kappa shape index (κ1) is 12.2. The summed E-state index contributed by atoms with van der Waals surface area (Å²) in [5.74, 6) is -1.63. The summed E-state index contributed by atoms with van der Waals surface area (Å²) < 4.78 is 39.1. The number of nitrogens with zero attached hydrogens (tertiary/aromatic N) is 2. The third kappa shape index (κ3) is 2.20. The fourth-order valence-electron chi connectivity index (χ4n) is 1.52. The van der Waals surface area contributed by atoms with Crippen LogP contribution in [0.2, 0.25) is 0 Å². The molecule has 0 saturated carbocycles. The van der Waals surface area contributed by atoms with Crippen LogP contribution in [0.3, 0.4) is 0 Å². The Hall–Kier alpha value is -2.31. The van der Waals surface area contributed by atoms with Crippen molar-refractivity contribution >= 4 is 5.97 Å². The van der Waals surface area contributed by atoms with Crippen LogP contribution in [0.4, 0.5) is 13.2 Å². The number of carboxylic acid groups (broad SMARTS) is 1. The summed E-state index contributed by atoms with van der Waals surface area (Å²) in [6.07, 6.45) is -1.75. The maximum Gasteiger partial charge on any atom is 0.417 e. The normalized spacial score (nSPS) is 11.5. The van der Waals surface area contributed by atoms with Crippen LogP contribution in [-0.2, 0) is 6.18 Å². The number of alkyl halides is 3. The number of benzene rings is 1. The fourth-order valence-corrected chi connectivity index (χ4v) is 1.52. The van der Waals surface area contributed by atoms with Crippen LogP contribution in [0, 0.1) is 0 Å². The first-order valence-corrected chi connectivity index (χ1v) is 4.84. The maximum absolute atomic E-state index is 12.6. The number of carboxylic acids is 1. The molecule has 0 spiro atoms. The van der Waals surface area contributed by atoms with Crippen LogP contribution in [-0.4, -0.2) is 20.9 Å². The lowest BCUT2D eigenvalue weighted by atomic mass is 10.1. The Labute approximate surface area is 99.3 Å². The highest BCUT2D eigenvalue weighted by Crippen LogP contribution is 2.32. The van der Waals surface area contributed by atoms with Crippen LogP contribution in [0.5, 0.6) is 0 Å². The summed E-state index contributed by atoms with van der Waals surface area (Å²) in [7, 11) is 0. The van der Waals surface area contributed by atoms with Crippen molar-refractivity contribution in [1.82, 2.24) is 9.78 Å². The van der Waals surface area contributed by atoms with E-state index in [4.69, 9.17) is 5.11 Å². The summed E-state index contributed by atoms with van der Waals surface area (Å²) in [5.41, 5.74) is -1.72. The van der Waals surface area contributed by atoms with Gasteiger partial charge in [-0.3, -0.25) is 0 Å². The Morgan fingerprint density at radius 2 is 2.06 bits per heavy atom. The molecule has 7 heteroatoms. The van der Waals surface area contributed by atoms with Crippen LogP contribution < -0.4 is 0 Å². The standard InChI is InChI=1S/C11H7F3N2O2/c12-11(13,14)9-3-2-7(6-8(9)10(17)18)16-5-1-4-15-16/h1-6H,(H,17,18). The van der Waals surface area contributed by atoms with E-state index in [2.05, 4.69) is 5.10 Å². The zero-order valence-corrected chi connectivity index (χ0v) is 8.85. The molecule has 0 bridgehead atoms. The van der Waals surface area contributed by atoms with Gasteiger partial charge in [0.1, 0.15) is 0 Å². The van der Waals surface area contributed by atoms with Crippen LogP contribution in [0.25, 0.3) is 5.69 Å². The Balaban J connectivity index is 2.58. The highest BCUT2D eigenvalue weighted by atomic mass is 19.4. The molecule has 2 aromatic rings. The van der Waals surface area contributed by atoms with E-state index in [1.165, 1.54) is 23.1 Å². The summed E-state index contributed by atoms with van der Waals surface area (Å²) >= 11 is 0. The number of aromatic carboxylic acids is 1. The average Bonchev–Trinajstić information content (AvgIpc) is 2.80. The quantitative estimate of drug-likeness (QED) is 0.898. The van der Waals surface area contributed by atoms with Crippen molar-refractivity contribution in [1.29, 1.82) is 0 Å². The highest BCUT2D eigenvalue weighted by molar-refractivity contribution is 5.90. The van der Waals surface area contributed by atoms with E-state index < -0.39 is 23.3 Å². The van der Waals surface area contributed by atoms with Gasteiger partial charge in [-0.2, -0.15) is 18.3 Å². The monoisotopic (exact) mass is 256 g/mol. The molecule has 1 aromatic carbocycles. The van der Waals surface area contributed by atoms with E-state index in [-0.39, 0.29) is 5.69 Å². The molecule has 4 nitrogen and oxygen atoms in total. The third-order valence-electron chi connectivity index (χ3n) is 2.31. The Morgan fingerprint density at radius 1 is 1.33 bits per heavy atom. The SMILES string of the molecule is O=C(O)c1cc(-n2cccn2)ccc1C(F)(F)F. The molecule has 0 saturated heterocycles. The second-order valence-corrected chi connectivity index (χ2v) is 3.48. The molecule has 0 radical (unpaired) electrons. The van der Waals surface area contributed by atoms with Crippen molar-refractivity contribution in [2.45, 2.75) is 6.18 Å². The largest absolute Gasteiger partial charge is 0.478 e. The first-order chi connectivity index (χ1) is 8.39. The fraction of sp³-hybridized carbons (Fsp3) is 0.0909. The number of halogens is 3. The lowest BCUT2D eigenvalue weighted by Gasteiger charge is -2.11. The number of hydrogen-bond donors (Lipinski definition) is 1. The van der Waals surface area contributed by atoms with Crippen LogP contribution in [0.1, 0.15) is 15.9 Å². The van der Waals surface area contributed by atoms with Gasteiger partial charge in [0.15, 0.2) is 0 Å². The molecule has 0 amide bonds. The second-order valence-electron chi connectivity index (χ2n) is 3.48. The second kappa shape index (κ2) is 4.17. The molecule has 0 aliphatic rings. The van der Waals surface area contributed by atoms with Crippen molar-refractivity contribution in [3.63, 3.8) is 0 Å². The molecule has 18 heavy (non-hydrogen) atoms. The van der Waals surface area contributed by atoms with Gasteiger partial charge in [-0.15, -0.1) is 0 Å². The van der Waals surface area contributed by atoms with Crippen LogP contribution >= 0.6 is 0 Å². The topological polar surface area (TPSA) is 55.1 Å². The summed E-state index contributed by atoms with van der Waals surface area (Å²) in [4.78, 5) is 10.9. The predicted octanol–water partition coefficient (Wildman–Crippen LogP) is 2.59. The van der Waals surface area contributed by atoms with E-state index in [1.807, 2.05) is 0 Å². The zero-order valence-electron chi connectivity index (χ0n) is 8.85. The lowest BCUT2D eigenvalue weighted by molar-refractivity contribution is -0.138. The Kier molecular flexibility index (Phi) is 2.82. The van der Waals surface area contributed by atoms with Gasteiger partial charge in [0.25, 0.3) is 0 Å². The van der Waals surface area contributed by atoms with Crippen molar-refractivity contribution in [3.8, 4) is 5.69 Å². The van der Waals surface area contributed by atoms with Crippen molar-refractivity contribution in [2.24, 2.45) is 0 Å². The van der Waals surface area contributed by atoms with E-state index in [1.54, 1.807) is 6.07 Å². The van der Waals surface area contributed by atoms with Gasteiger partial charge in [-0.1, -0.05) is 0 Å². The maximum atomic E-state index is 12.6. The predicted molar refractivity (Wildman–Crippen MR) is 55.5 cm³/mol. The summed E-state index contributed by atoms with van der Waals surface area (Å²) in [5, 5.41) is 12.6.